The van der Waals surface area contributed by atoms with Crippen LogP contribution in [0.1, 0.15) is 115 Å². The molecule has 0 aliphatic heterocycles. The molecule has 0 aliphatic rings. The molecule has 0 fully saturated rings. The zero-order chi connectivity index (χ0) is 41.7. The molecule has 0 aliphatic carbocycles. The largest absolute Gasteiger partial charge is 0.356 e. The van der Waals surface area contributed by atoms with Gasteiger partial charge in [0.2, 0.25) is 23.6 Å². The van der Waals surface area contributed by atoms with Gasteiger partial charge in [0.15, 0.2) is 0 Å². The van der Waals surface area contributed by atoms with Gasteiger partial charge in [0.25, 0.3) is 0 Å². The van der Waals surface area contributed by atoms with Crippen molar-refractivity contribution in [2.75, 3.05) is 108 Å². The number of nitrogens with one attached hydrogen (secondary N) is 2. The van der Waals surface area contributed by atoms with E-state index in [9.17, 15) is 19.2 Å². The molecule has 4 amide bonds. The highest BCUT2D eigenvalue weighted by molar-refractivity contribution is 5.84. The van der Waals surface area contributed by atoms with Gasteiger partial charge < -0.3 is 40.0 Å². The average Bonchev–Trinajstić information content (AvgIpc) is 3.17. The van der Waals surface area contributed by atoms with Gasteiger partial charge in [-0.25, -0.2) is 0 Å². The first-order valence-corrected chi connectivity index (χ1v) is 22.1. The minimum atomic E-state index is -0.0688. The zero-order valence-corrected chi connectivity index (χ0v) is 37.3. The molecule has 1 aromatic carbocycles. The van der Waals surface area contributed by atoms with Crippen LogP contribution in [0.3, 0.4) is 0 Å². The van der Waals surface area contributed by atoms with Crippen molar-refractivity contribution in [2.24, 2.45) is 0 Å². The summed E-state index contributed by atoms with van der Waals surface area (Å²) in [6.45, 7) is 13.8. The Morgan fingerprint density at radius 1 is 0.536 bits per heavy atom. The number of carbonyl (C=O) groups excluding carboxylic acids is 4. The summed E-state index contributed by atoms with van der Waals surface area (Å²) in [6, 6.07) is 8.09. The van der Waals surface area contributed by atoms with E-state index in [0.29, 0.717) is 39.3 Å². The summed E-state index contributed by atoms with van der Waals surface area (Å²) < 4.78 is 1.93. The van der Waals surface area contributed by atoms with Crippen LogP contribution in [0.5, 0.6) is 0 Å². The second kappa shape index (κ2) is 30.1. The zero-order valence-electron chi connectivity index (χ0n) is 37.3. The van der Waals surface area contributed by atoms with E-state index < -0.39 is 0 Å². The summed E-state index contributed by atoms with van der Waals surface area (Å²) in [5.41, 5.74) is 2.02. The van der Waals surface area contributed by atoms with Crippen LogP contribution < -0.4 is 21.3 Å². The number of rotatable bonds is 34. The quantitative estimate of drug-likeness (QED) is 0.0632. The molecule has 0 heterocycles. The first-order chi connectivity index (χ1) is 26.8. The van der Waals surface area contributed by atoms with E-state index in [1.807, 2.05) is 48.2 Å². The number of nitrogens with two attached hydrogens (primary N) is 2. The number of hydrogen-bond acceptors (Lipinski definition) is 4. The number of benzene rings is 1. The maximum absolute atomic E-state index is 13.3. The number of hydrogen-bond donors (Lipinski definition) is 4. The molecule has 0 spiro atoms. The van der Waals surface area contributed by atoms with Crippen LogP contribution in [0, 0.1) is 0 Å². The minimum Gasteiger partial charge on any atom is -0.356 e. The lowest BCUT2D eigenvalue weighted by atomic mass is 10.1. The summed E-state index contributed by atoms with van der Waals surface area (Å²) in [7, 11) is 13.0. The molecule has 0 saturated carbocycles. The van der Waals surface area contributed by atoms with Crippen LogP contribution in [-0.4, -0.2) is 150 Å². The third-order valence-electron chi connectivity index (χ3n) is 10.7. The molecular formula is C44H86N8O4+4. The number of amides is 4. The fourth-order valence-corrected chi connectivity index (χ4v) is 6.91. The summed E-state index contributed by atoms with van der Waals surface area (Å²) >= 11 is 0. The average molecular weight is 791 g/mol. The molecule has 0 atom stereocenters. The number of nitrogens with zero attached hydrogens (tertiary/aromatic N) is 4. The van der Waals surface area contributed by atoms with Crippen LogP contribution in [0.4, 0.5) is 0 Å². The molecule has 0 unspecified atom stereocenters. The van der Waals surface area contributed by atoms with Gasteiger partial charge in [-0.1, -0.05) is 63.8 Å². The van der Waals surface area contributed by atoms with Crippen LogP contribution in [0.25, 0.3) is 0 Å². The molecule has 0 saturated heterocycles. The third kappa shape index (κ3) is 25.2. The van der Waals surface area contributed by atoms with Gasteiger partial charge in [-0.2, -0.15) is 0 Å². The van der Waals surface area contributed by atoms with E-state index in [1.165, 1.54) is 51.4 Å². The van der Waals surface area contributed by atoms with Gasteiger partial charge in [0.1, 0.15) is 0 Å². The van der Waals surface area contributed by atoms with Gasteiger partial charge in [-0.3, -0.25) is 19.2 Å². The summed E-state index contributed by atoms with van der Waals surface area (Å²) in [5.74, 6) is -0.178. The van der Waals surface area contributed by atoms with Gasteiger partial charge >= 0.3 is 0 Å². The van der Waals surface area contributed by atoms with Crippen molar-refractivity contribution in [1.29, 1.82) is 0 Å². The second-order valence-electron chi connectivity index (χ2n) is 17.1. The fraction of sp³-hybridized carbons (Fsp3) is 0.773. The van der Waals surface area contributed by atoms with Crippen molar-refractivity contribution in [1.82, 2.24) is 20.4 Å². The molecule has 0 bridgehead atoms. The van der Waals surface area contributed by atoms with Crippen molar-refractivity contribution < 1.29 is 38.8 Å². The topological polar surface area (TPSA) is 132 Å². The maximum atomic E-state index is 13.3. The molecule has 56 heavy (non-hydrogen) atoms. The van der Waals surface area contributed by atoms with Crippen LogP contribution in [0.15, 0.2) is 24.3 Å². The number of quaternary nitrogens is 4. The van der Waals surface area contributed by atoms with E-state index in [4.69, 9.17) is 0 Å². The van der Waals surface area contributed by atoms with E-state index in [0.717, 1.165) is 72.2 Å². The maximum Gasteiger partial charge on any atom is 0.223 e. The highest BCUT2D eigenvalue weighted by atomic mass is 16.2. The van der Waals surface area contributed by atoms with Gasteiger partial charge in [-0.05, 0) is 36.8 Å². The molecule has 6 N–H and O–H groups in total. The molecule has 12 nitrogen and oxygen atoms in total. The molecule has 12 heteroatoms. The van der Waals surface area contributed by atoms with Crippen molar-refractivity contribution in [3.05, 3.63) is 35.4 Å². The molecule has 322 valence electrons. The summed E-state index contributed by atoms with van der Waals surface area (Å²) in [5, 5.41) is 10.2. The lowest BCUT2D eigenvalue weighted by Gasteiger charge is -2.30. The molecule has 0 radical (unpaired) electrons. The van der Waals surface area contributed by atoms with E-state index >= 15 is 0 Å². The molecule has 0 aromatic heterocycles. The Hall–Kier alpha value is -3.06. The van der Waals surface area contributed by atoms with E-state index in [1.54, 1.807) is 0 Å². The van der Waals surface area contributed by atoms with Crippen LogP contribution in [-0.2, 0) is 32.3 Å². The highest BCUT2D eigenvalue weighted by Crippen LogP contribution is 2.13. The van der Waals surface area contributed by atoms with Crippen molar-refractivity contribution in [2.45, 2.75) is 117 Å². The Labute approximate surface area is 342 Å². The Bertz CT molecular complexity index is 1130. The first kappa shape index (κ1) is 51.0. The highest BCUT2D eigenvalue weighted by Gasteiger charge is 2.20. The van der Waals surface area contributed by atoms with Crippen LogP contribution in [0.2, 0.25) is 0 Å². The van der Waals surface area contributed by atoms with Crippen molar-refractivity contribution >= 4 is 23.6 Å². The van der Waals surface area contributed by atoms with Gasteiger partial charge in [-0.15, -0.1) is 0 Å². The smallest absolute Gasteiger partial charge is 0.223 e. The molecular weight excluding hydrogens is 705 g/mol. The Kier molecular flexibility index (Phi) is 27.4. The monoisotopic (exact) mass is 791 g/mol. The predicted molar refractivity (Wildman–Crippen MR) is 228 cm³/mol. The minimum absolute atomic E-state index is 0.0200. The second-order valence-corrected chi connectivity index (χ2v) is 17.1. The Morgan fingerprint density at radius 2 is 0.893 bits per heavy atom. The van der Waals surface area contributed by atoms with Gasteiger partial charge in [0.05, 0.1) is 94.6 Å². The SMILES string of the molecule is CCCCCC[N+](C)(C)CCCNC(=O)CCC(=O)N(CC[NH2+]C)Cc1ccc(CN(CC[NH2+]C)C(=O)CCC(=O)NCCC[N+](C)(C)CCCCCC)cc1. The standard InChI is InChI=1S/C44H82N8O4/c1-9-11-13-15-33-51(5,6)35-17-27-47-41(53)23-25-43(55)49(31-29-45-3)37-39-19-21-40(22-20-39)38-50(32-30-46-4)44(56)26-24-42(54)48-28-18-36-52(7,8)34-16-14-12-10-2/h19-22,45-46H,9-18,23-38H2,1-8H3/p+4. The Morgan fingerprint density at radius 3 is 1.23 bits per heavy atom. The molecule has 1 rings (SSSR count). The fourth-order valence-electron chi connectivity index (χ4n) is 6.91. The van der Waals surface area contributed by atoms with Crippen molar-refractivity contribution in [3.63, 3.8) is 0 Å². The Balaban J connectivity index is 2.59. The summed E-state index contributed by atoms with van der Waals surface area (Å²) in [4.78, 5) is 55.5. The van der Waals surface area contributed by atoms with E-state index in [2.05, 4.69) is 63.3 Å². The lowest BCUT2D eigenvalue weighted by molar-refractivity contribution is -0.890. The third-order valence-corrected chi connectivity index (χ3v) is 10.7. The first-order valence-electron chi connectivity index (χ1n) is 22.1. The van der Waals surface area contributed by atoms with Gasteiger partial charge in [0, 0.05) is 64.7 Å². The summed E-state index contributed by atoms with van der Waals surface area (Å²) in [6.07, 6.45) is 12.7. The van der Waals surface area contributed by atoms with Crippen LogP contribution >= 0.6 is 0 Å². The number of unbranched alkanes of at least 4 members (excludes halogenated alkanes) is 6. The molecule has 1 aromatic rings. The van der Waals surface area contributed by atoms with Crippen molar-refractivity contribution in [3.8, 4) is 0 Å². The van der Waals surface area contributed by atoms with E-state index in [-0.39, 0.29) is 49.3 Å². The lowest BCUT2D eigenvalue weighted by Crippen LogP contribution is -2.81. The number of carbonyl (C=O) groups is 4. The predicted octanol–water partition coefficient (Wildman–Crippen LogP) is 2.62. The number of likely N-dealkylation sites (N-methyl/N-ethyl adjacent to an activating group) is 2. The normalized spacial score (nSPS) is 11.7.